The fraction of sp³-hybridized carbons (Fsp3) is 0.750. The Morgan fingerprint density at radius 1 is 1.79 bits per heavy atom. The summed E-state index contributed by atoms with van der Waals surface area (Å²) in [7, 11) is 0. The van der Waals surface area contributed by atoms with Crippen molar-refractivity contribution in [3.8, 4) is 0 Å². The van der Waals surface area contributed by atoms with Crippen LogP contribution >= 0.6 is 0 Å². The molecule has 1 aliphatic rings. The molecule has 14 heavy (non-hydrogen) atoms. The monoisotopic (exact) mass is 203 g/mol. The Hall–Kier alpha value is -1.22. The molecule has 0 unspecified atom stereocenters. The maximum Gasteiger partial charge on any atom is 0.306 e. The second-order valence-electron chi connectivity index (χ2n) is 3.42. The third-order valence-electron chi connectivity index (χ3n) is 2.06. The molecule has 1 amide bonds. The molecule has 0 aromatic rings. The Bertz CT molecular complexity index is 285. The van der Waals surface area contributed by atoms with Crippen LogP contribution in [-0.4, -0.2) is 35.5 Å². The van der Waals surface area contributed by atoms with Gasteiger partial charge in [0.15, 0.2) is 0 Å². The van der Waals surface area contributed by atoms with Gasteiger partial charge in [-0.1, -0.05) is 0 Å². The van der Waals surface area contributed by atoms with E-state index in [0.717, 1.165) is 4.90 Å². The summed E-state index contributed by atoms with van der Waals surface area (Å²) >= 11 is 0. The lowest BCUT2D eigenvalue weighted by Gasteiger charge is -2.17. The molecule has 1 aliphatic heterocycles. The molecule has 1 rings (SSSR count). The lowest BCUT2D eigenvalue weighted by molar-refractivity contribution is -0.133. The summed E-state index contributed by atoms with van der Waals surface area (Å²) in [6.07, 6.45) is -1.65. The van der Waals surface area contributed by atoms with Gasteiger partial charge in [0.05, 0.1) is 12.6 Å². The first-order chi connectivity index (χ1) is 6.37. The van der Waals surface area contributed by atoms with Gasteiger partial charge in [-0.3, -0.25) is 14.5 Å². The van der Waals surface area contributed by atoms with Gasteiger partial charge in [0.1, 0.15) is 6.42 Å². The number of hydrogen-bond donors (Lipinski definition) is 1. The summed E-state index contributed by atoms with van der Waals surface area (Å²) in [5.74, 6) is -3.55. The summed E-state index contributed by atoms with van der Waals surface area (Å²) in [6.45, 7) is 7.42. The lowest BCUT2D eigenvalue weighted by atomic mass is 10.3. The normalized spacial score (nSPS) is 27.1. The van der Waals surface area contributed by atoms with E-state index in [-0.39, 0.29) is 0 Å². The van der Waals surface area contributed by atoms with Crippen molar-refractivity contribution in [3.63, 3.8) is 0 Å². The molecular weight excluding hydrogens is 192 g/mol. The molecule has 0 aromatic carbocycles. The number of alkyl halides is 2. The topological polar surface area (TPSA) is 50.7 Å². The minimum Gasteiger partial charge on any atom is -0.320 e. The van der Waals surface area contributed by atoms with Crippen LogP contribution in [0.2, 0.25) is 0 Å². The summed E-state index contributed by atoms with van der Waals surface area (Å²) in [5.41, 5.74) is 5.28. The van der Waals surface area contributed by atoms with Crippen molar-refractivity contribution in [1.29, 1.82) is 0 Å². The molecule has 1 fully saturated rings. The fourth-order valence-corrected chi connectivity index (χ4v) is 1.40. The summed E-state index contributed by atoms with van der Waals surface area (Å²) in [5, 5.41) is 0. The lowest BCUT2D eigenvalue weighted by Crippen LogP contribution is -2.44. The first kappa shape index (κ1) is 10.9. The van der Waals surface area contributed by atoms with Crippen molar-refractivity contribution in [1.82, 2.24) is 4.90 Å². The van der Waals surface area contributed by atoms with Crippen LogP contribution in [0.1, 0.15) is 13.3 Å². The van der Waals surface area contributed by atoms with E-state index >= 15 is 0 Å². The van der Waals surface area contributed by atoms with Crippen LogP contribution in [0.5, 0.6) is 0 Å². The van der Waals surface area contributed by atoms with Gasteiger partial charge in [-0.25, -0.2) is 15.4 Å². The number of likely N-dealkylation sites (tertiary alicyclic amines) is 1. The van der Waals surface area contributed by atoms with Gasteiger partial charge in [0.2, 0.25) is 5.91 Å². The number of amides is 1. The Balaban J connectivity index is 2.80. The maximum atomic E-state index is 12.9. The zero-order valence-electron chi connectivity index (χ0n) is 7.70. The summed E-state index contributed by atoms with van der Waals surface area (Å²) < 4.78 is 25.8. The molecule has 4 nitrogen and oxygen atoms in total. The van der Waals surface area contributed by atoms with E-state index in [9.17, 15) is 13.6 Å². The van der Waals surface area contributed by atoms with Gasteiger partial charge >= 0.3 is 6.17 Å². The minimum atomic E-state index is -2.96. The number of rotatable bonds is 1. The zero-order valence-corrected chi connectivity index (χ0v) is 7.70. The Morgan fingerprint density at radius 3 is 2.79 bits per heavy atom. The van der Waals surface area contributed by atoms with Crippen molar-refractivity contribution < 1.29 is 13.6 Å². The van der Waals surface area contributed by atoms with Gasteiger partial charge in [0, 0.05) is 0 Å². The van der Waals surface area contributed by atoms with E-state index in [1.807, 2.05) is 0 Å². The van der Waals surface area contributed by atoms with E-state index in [1.165, 1.54) is 6.92 Å². The highest BCUT2D eigenvalue weighted by atomic mass is 19.3. The van der Waals surface area contributed by atoms with E-state index in [4.69, 9.17) is 12.3 Å². The second kappa shape index (κ2) is 3.50. The number of carbonyl (C=O) groups excluding carboxylic acids is 1. The van der Waals surface area contributed by atoms with Crippen molar-refractivity contribution in [2.24, 2.45) is 5.73 Å². The number of hydrogen-bond acceptors (Lipinski definition) is 2. The molecule has 2 N–H and O–H groups in total. The summed E-state index contributed by atoms with van der Waals surface area (Å²) in [6, 6.07) is -0.840. The van der Waals surface area contributed by atoms with E-state index in [0.29, 0.717) is 0 Å². The third-order valence-corrected chi connectivity index (χ3v) is 2.06. The molecule has 6 heteroatoms. The van der Waals surface area contributed by atoms with Gasteiger partial charge in [-0.05, 0) is 6.92 Å². The summed E-state index contributed by atoms with van der Waals surface area (Å²) in [4.78, 5) is 15.2. The Kier molecular flexibility index (Phi) is 2.71. The number of nitrogens with zero attached hydrogens (tertiary/aromatic N) is 2. The average Bonchev–Trinajstić information content (AvgIpc) is 2.39. The molecular formula is C8H11F2N3O. The number of carbonyl (C=O) groups is 1. The molecule has 1 heterocycles. The van der Waals surface area contributed by atoms with Gasteiger partial charge in [-0.2, -0.15) is 0 Å². The van der Waals surface area contributed by atoms with E-state index < -0.39 is 37.0 Å². The highest BCUT2D eigenvalue weighted by molar-refractivity contribution is 5.82. The zero-order chi connectivity index (χ0) is 10.9. The van der Waals surface area contributed by atoms with Crippen molar-refractivity contribution in [3.05, 3.63) is 11.4 Å². The van der Waals surface area contributed by atoms with E-state index in [2.05, 4.69) is 4.85 Å². The molecule has 0 aromatic heterocycles. The predicted molar refractivity (Wildman–Crippen MR) is 45.3 cm³/mol. The van der Waals surface area contributed by atoms with Crippen LogP contribution in [0.25, 0.3) is 4.85 Å². The van der Waals surface area contributed by atoms with Crippen LogP contribution < -0.4 is 5.73 Å². The Labute approximate surface area is 80.5 Å². The molecule has 0 bridgehead atoms. The van der Waals surface area contributed by atoms with Crippen LogP contribution in [-0.2, 0) is 4.79 Å². The molecule has 0 spiro atoms. The molecule has 0 radical (unpaired) electrons. The fourth-order valence-electron chi connectivity index (χ4n) is 1.40. The van der Waals surface area contributed by atoms with Crippen molar-refractivity contribution in [2.45, 2.75) is 31.5 Å². The van der Waals surface area contributed by atoms with E-state index in [1.54, 1.807) is 0 Å². The standard InChI is InChI=1S/C8H11F2N3O/c1-5(11)7(14)13-4-8(9,10)3-6(13)12-2/h5-6H,3-4,11H2,1H3/t5-,6-/m0/s1. The van der Waals surface area contributed by atoms with Crippen molar-refractivity contribution >= 4 is 5.91 Å². The molecule has 0 saturated carbocycles. The number of halogens is 2. The highest BCUT2D eigenvalue weighted by Gasteiger charge is 2.51. The van der Waals surface area contributed by atoms with Crippen LogP contribution in [0, 0.1) is 6.57 Å². The van der Waals surface area contributed by atoms with Crippen LogP contribution in [0.3, 0.4) is 0 Å². The van der Waals surface area contributed by atoms with Gasteiger partial charge in [-0.15, -0.1) is 0 Å². The van der Waals surface area contributed by atoms with Crippen molar-refractivity contribution in [2.75, 3.05) is 6.54 Å². The molecule has 1 saturated heterocycles. The quantitative estimate of drug-likeness (QED) is 0.629. The minimum absolute atomic E-state index is 0.588. The predicted octanol–water partition coefficient (Wildman–Crippen LogP) is 0.447. The van der Waals surface area contributed by atoms with Gasteiger partial charge in [0.25, 0.3) is 5.92 Å². The SMILES string of the molecule is [C-]#[N+][C@@H]1CC(F)(F)CN1C(=O)[C@H](C)N. The smallest absolute Gasteiger partial charge is 0.306 e. The van der Waals surface area contributed by atoms with Crippen LogP contribution in [0.15, 0.2) is 0 Å². The van der Waals surface area contributed by atoms with Crippen LogP contribution in [0.4, 0.5) is 8.78 Å². The first-order valence-electron chi connectivity index (χ1n) is 4.18. The second-order valence-corrected chi connectivity index (χ2v) is 3.42. The number of nitrogens with two attached hydrogens (primary N) is 1. The highest BCUT2D eigenvalue weighted by Crippen LogP contribution is 2.32. The first-order valence-corrected chi connectivity index (χ1v) is 4.18. The molecule has 78 valence electrons. The Morgan fingerprint density at radius 2 is 2.36 bits per heavy atom. The largest absolute Gasteiger partial charge is 0.320 e. The third kappa shape index (κ3) is 1.99. The maximum absolute atomic E-state index is 12.9. The van der Waals surface area contributed by atoms with Gasteiger partial charge < -0.3 is 5.73 Å². The molecule has 2 atom stereocenters. The molecule has 0 aliphatic carbocycles. The average molecular weight is 203 g/mol.